The van der Waals surface area contributed by atoms with Crippen LogP contribution in [0.4, 0.5) is 5.95 Å². The predicted octanol–water partition coefficient (Wildman–Crippen LogP) is 3.03. The average molecular weight is 433 g/mol. The maximum absolute atomic E-state index is 12.2. The second kappa shape index (κ2) is 9.34. The number of ether oxygens (including phenoxy) is 2. The minimum absolute atomic E-state index is 0.0744. The molecule has 1 aliphatic rings. The van der Waals surface area contributed by atoms with Crippen molar-refractivity contribution in [3.8, 4) is 22.9 Å². The number of nitrogens with zero attached hydrogens (tertiary/aromatic N) is 2. The molecule has 1 fully saturated rings. The van der Waals surface area contributed by atoms with Gasteiger partial charge in [0.2, 0.25) is 5.95 Å². The zero-order chi connectivity index (χ0) is 22.5. The van der Waals surface area contributed by atoms with E-state index in [1.54, 1.807) is 62.8 Å². The van der Waals surface area contributed by atoms with Crippen LogP contribution in [-0.4, -0.2) is 47.3 Å². The minimum atomic E-state index is -0.382. The van der Waals surface area contributed by atoms with E-state index in [2.05, 4.69) is 25.8 Å². The van der Waals surface area contributed by atoms with E-state index in [9.17, 15) is 9.59 Å². The maximum atomic E-state index is 12.2. The first-order chi connectivity index (χ1) is 15.6. The average Bonchev–Trinajstić information content (AvgIpc) is 3.52. The molecule has 1 heterocycles. The van der Waals surface area contributed by atoms with Crippen LogP contribution in [0.25, 0.3) is 17.5 Å². The summed E-state index contributed by atoms with van der Waals surface area (Å²) in [5.74, 6) is 1.35. The van der Waals surface area contributed by atoms with Gasteiger partial charge in [0.1, 0.15) is 11.5 Å². The molecule has 32 heavy (non-hydrogen) atoms. The molecule has 1 saturated carbocycles. The number of rotatable bonds is 8. The van der Waals surface area contributed by atoms with E-state index in [-0.39, 0.29) is 17.8 Å². The van der Waals surface area contributed by atoms with Gasteiger partial charge in [0.15, 0.2) is 5.82 Å². The lowest BCUT2D eigenvalue weighted by molar-refractivity contribution is -0.111. The molecule has 0 atom stereocenters. The summed E-state index contributed by atoms with van der Waals surface area (Å²) in [5, 5.41) is 12.4. The lowest BCUT2D eigenvalue weighted by atomic mass is 10.1. The summed E-state index contributed by atoms with van der Waals surface area (Å²) in [4.78, 5) is 28.6. The Kier molecular flexibility index (Phi) is 6.16. The molecular weight excluding hydrogens is 410 g/mol. The minimum Gasteiger partial charge on any atom is -0.497 e. The van der Waals surface area contributed by atoms with Gasteiger partial charge in [0, 0.05) is 23.7 Å². The summed E-state index contributed by atoms with van der Waals surface area (Å²) in [7, 11) is 3.12. The molecule has 4 rings (SSSR count). The fourth-order valence-corrected chi connectivity index (χ4v) is 3.00. The number of hydrogen-bond donors (Lipinski definition) is 3. The Morgan fingerprint density at radius 2 is 1.88 bits per heavy atom. The zero-order valence-corrected chi connectivity index (χ0v) is 17.7. The number of anilines is 1. The van der Waals surface area contributed by atoms with Gasteiger partial charge in [-0.3, -0.25) is 20.0 Å². The second-order valence-electron chi connectivity index (χ2n) is 7.27. The van der Waals surface area contributed by atoms with Crippen LogP contribution in [-0.2, 0) is 4.79 Å². The van der Waals surface area contributed by atoms with Crippen LogP contribution >= 0.6 is 0 Å². The maximum Gasteiger partial charge on any atom is 0.251 e. The summed E-state index contributed by atoms with van der Waals surface area (Å²) in [6.45, 7) is 0. The van der Waals surface area contributed by atoms with Crippen LogP contribution in [0.2, 0.25) is 0 Å². The Morgan fingerprint density at radius 3 is 2.56 bits per heavy atom. The van der Waals surface area contributed by atoms with Gasteiger partial charge in [-0.15, -0.1) is 5.10 Å². The number of methoxy groups -OCH3 is 2. The molecule has 0 spiro atoms. The SMILES string of the molecule is COc1ccc(-c2nc(NC(=O)/C=C/c3ccc(C(=O)NC4CC4)cc3)n[nH]2)c(OC)c1. The molecule has 1 aliphatic carbocycles. The van der Waals surface area contributed by atoms with Crippen LogP contribution in [0, 0.1) is 0 Å². The van der Waals surface area contributed by atoms with Gasteiger partial charge in [0.25, 0.3) is 11.8 Å². The van der Waals surface area contributed by atoms with Crippen molar-refractivity contribution >= 4 is 23.8 Å². The molecule has 2 aromatic carbocycles. The molecule has 0 saturated heterocycles. The summed E-state index contributed by atoms with van der Waals surface area (Å²) < 4.78 is 10.6. The third kappa shape index (κ3) is 5.12. The van der Waals surface area contributed by atoms with Crippen LogP contribution in [0.1, 0.15) is 28.8 Å². The van der Waals surface area contributed by atoms with Crippen molar-refractivity contribution in [1.29, 1.82) is 0 Å². The first-order valence-electron chi connectivity index (χ1n) is 10.1. The smallest absolute Gasteiger partial charge is 0.251 e. The summed E-state index contributed by atoms with van der Waals surface area (Å²) in [6.07, 6.45) is 5.12. The monoisotopic (exact) mass is 433 g/mol. The van der Waals surface area contributed by atoms with Crippen molar-refractivity contribution in [3.63, 3.8) is 0 Å². The van der Waals surface area contributed by atoms with E-state index in [0.717, 1.165) is 18.4 Å². The highest BCUT2D eigenvalue weighted by atomic mass is 16.5. The van der Waals surface area contributed by atoms with E-state index >= 15 is 0 Å². The number of aromatic nitrogens is 3. The van der Waals surface area contributed by atoms with Crippen molar-refractivity contribution in [3.05, 3.63) is 59.7 Å². The predicted molar refractivity (Wildman–Crippen MR) is 120 cm³/mol. The lowest BCUT2D eigenvalue weighted by Crippen LogP contribution is -2.25. The fraction of sp³-hybridized carbons (Fsp3) is 0.217. The van der Waals surface area contributed by atoms with Gasteiger partial charge in [-0.1, -0.05) is 12.1 Å². The van der Waals surface area contributed by atoms with E-state index in [0.29, 0.717) is 34.5 Å². The molecule has 0 aliphatic heterocycles. The van der Waals surface area contributed by atoms with Gasteiger partial charge in [0.05, 0.1) is 19.8 Å². The van der Waals surface area contributed by atoms with Crippen LogP contribution < -0.4 is 20.1 Å². The normalized spacial score (nSPS) is 13.1. The third-order valence-corrected chi connectivity index (χ3v) is 4.90. The van der Waals surface area contributed by atoms with E-state index in [1.165, 1.54) is 6.08 Å². The van der Waals surface area contributed by atoms with Gasteiger partial charge in [-0.05, 0) is 48.7 Å². The molecular formula is C23H23N5O4. The zero-order valence-electron chi connectivity index (χ0n) is 17.7. The van der Waals surface area contributed by atoms with E-state index < -0.39 is 0 Å². The Balaban J connectivity index is 1.37. The van der Waals surface area contributed by atoms with Crippen LogP contribution in [0.15, 0.2) is 48.5 Å². The topological polar surface area (TPSA) is 118 Å². The molecule has 9 nitrogen and oxygen atoms in total. The van der Waals surface area contributed by atoms with E-state index in [1.807, 2.05) is 0 Å². The highest BCUT2D eigenvalue weighted by Crippen LogP contribution is 2.31. The van der Waals surface area contributed by atoms with Crippen molar-refractivity contribution in [2.75, 3.05) is 19.5 Å². The highest BCUT2D eigenvalue weighted by molar-refractivity contribution is 6.01. The number of carbonyl (C=O) groups is 2. The van der Waals surface area contributed by atoms with Gasteiger partial charge in [-0.2, -0.15) is 4.98 Å². The highest BCUT2D eigenvalue weighted by Gasteiger charge is 2.23. The number of amides is 2. The summed E-state index contributed by atoms with van der Waals surface area (Å²) >= 11 is 0. The van der Waals surface area contributed by atoms with Crippen molar-refractivity contribution in [2.24, 2.45) is 0 Å². The Bertz CT molecular complexity index is 1150. The second-order valence-corrected chi connectivity index (χ2v) is 7.27. The fourth-order valence-electron chi connectivity index (χ4n) is 3.00. The standard InChI is InChI=1S/C23H23N5O4/c1-31-17-10-11-18(19(13-17)32-2)21-26-23(28-27-21)25-20(29)12-5-14-3-6-15(7-4-14)22(30)24-16-8-9-16/h3-7,10-13,16H,8-9H2,1-2H3,(H,24,30)(H2,25,26,27,28,29)/b12-5+. The molecule has 2 amide bonds. The largest absolute Gasteiger partial charge is 0.497 e. The molecule has 0 unspecified atom stereocenters. The van der Waals surface area contributed by atoms with Crippen molar-refractivity contribution < 1.29 is 19.1 Å². The number of carbonyl (C=O) groups excluding carboxylic acids is 2. The third-order valence-electron chi connectivity index (χ3n) is 4.90. The summed E-state index contributed by atoms with van der Waals surface area (Å²) in [6, 6.07) is 12.7. The Hall–Kier alpha value is -4.14. The molecule has 0 radical (unpaired) electrons. The number of H-pyrrole nitrogens is 1. The molecule has 1 aromatic heterocycles. The van der Waals surface area contributed by atoms with Crippen LogP contribution in [0.5, 0.6) is 11.5 Å². The quantitative estimate of drug-likeness (QED) is 0.470. The number of nitrogens with one attached hydrogen (secondary N) is 3. The Labute approximate surface area is 184 Å². The van der Waals surface area contributed by atoms with Crippen molar-refractivity contribution in [1.82, 2.24) is 20.5 Å². The molecule has 3 aromatic rings. The number of hydrogen-bond acceptors (Lipinski definition) is 6. The van der Waals surface area contributed by atoms with Crippen LogP contribution in [0.3, 0.4) is 0 Å². The Morgan fingerprint density at radius 1 is 1.09 bits per heavy atom. The summed E-state index contributed by atoms with van der Waals surface area (Å²) in [5.41, 5.74) is 2.07. The first-order valence-corrected chi connectivity index (χ1v) is 10.1. The van der Waals surface area contributed by atoms with Gasteiger partial charge >= 0.3 is 0 Å². The number of aromatic amines is 1. The lowest BCUT2D eigenvalue weighted by Gasteiger charge is -2.07. The molecule has 9 heteroatoms. The first kappa shape index (κ1) is 21.1. The molecule has 0 bridgehead atoms. The van der Waals surface area contributed by atoms with E-state index in [4.69, 9.17) is 9.47 Å². The van der Waals surface area contributed by atoms with Gasteiger partial charge < -0.3 is 14.8 Å². The van der Waals surface area contributed by atoms with Crippen molar-refractivity contribution in [2.45, 2.75) is 18.9 Å². The molecule has 3 N–H and O–H groups in total. The number of benzene rings is 2. The molecule has 164 valence electrons. The van der Waals surface area contributed by atoms with Gasteiger partial charge in [-0.25, -0.2) is 0 Å².